The first-order valence-corrected chi connectivity index (χ1v) is 5.92. The molecule has 0 saturated carbocycles. The Morgan fingerprint density at radius 3 is 2.29 bits per heavy atom. The Hall–Kier alpha value is -2.37. The predicted molar refractivity (Wildman–Crippen MR) is 68.5 cm³/mol. The molecule has 110 valence electrons. The van der Waals surface area contributed by atoms with Gasteiger partial charge in [-0.2, -0.15) is 13.2 Å². The summed E-state index contributed by atoms with van der Waals surface area (Å²) in [4.78, 5) is 10.8. The molecule has 2 aromatic carbocycles. The van der Waals surface area contributed by atoms with E-state index in [1.54, 1.807) is 0 Å². The van der Waals surface area contributed by atoms with Gasteiger partial charge in [0.15, 0.2) is 0 Å². The second kappa shape index (κ2) is 5.20. The number of benzene rings is 2. The van der Waals surface area contributed by atoms with Crippen molar-refractivity contribution in [2.24, 2.45) is 0 Å². The van der Waals surface area contributed by atoms with Gasteiger partial charge in [-0.1, -0.05) is 18.2 Å². The van der Waals surface area contributed by atoms with Crippen molar-refractivity contribution in [2.45, 2.75) is 13.1 Å². The summed E-state index contributed by atoms with van der Waals surface area (Å²) >= 11 is 0. The summed E-state index contributed by atoms with van der Waals surface area (Å²) in [7, 11) is 0. The molecule has 0 radical (unpaired) electrons. The maximum absolute atomic E-state index is 13.6. The molecule has 0 heterocycles. The zero-order chi connectivity index (χ0) is 15.8. The number of carboxylic acids is 1. The Balaban J connectivity index is 2.68. The Morgan fingerprint density at radius 1 is 1.10 bits per heavy atom. The standard InChI is InChI=1S/C15H10F4O2/c1-8-7-9(14(20)21)5-6-10(8)11-3-2-4-12(16)13(11)15(17,18)19/h2-7H,1H3,(H,20,21). The van der Waals surface area contributed by atoms with Crippen LogP contribution in [0.5, 0.6) is 0 Å². The predicted octanol–water partition coefficient (Wildman–Crippen LogP) is 4.52. The van der Waals surface area contributed by atoms with Gasteiger partial charge in [-0.05, 0) is 41.8 Å². The molecule has 0 unspecified atom stereocenters. The van der Waals surface area contributed by atoms with E-state index in [0.717, 1.165) is 12.1 Å². The molecule has 0 saturated heterocycles. The maximum atomic E-state index is 13.6. The van der Waals surface area contributed by atoms with Gasteiger partial charge in [0.05, 0.1) is 11.1 Å². The lowest BCUT2D eigenvalue weighted by Gasteiger charge is -2.15. The van der Waals surface area contributed by atoms with Crippen molar-refractivity contribution in [3.8, 4) is 11.1 Å². The van der Waals surface area contributed by atoms with Crippen molar-refractivity contribution in [1.82, 2.24) is 0 Å². The molecule has 0 atom stereocenters. The van der Waals surface area contributed by atoms with Crippen LogP contribution in [0.3, 0.4) is 0 Å². The van der Waals surface area contributed by atoms with Gasteiger partial charge in [0.1, 0.15) is 5.82 Å². The molecule has 0 amide bonds. The lowest BCUT2D eigenvalue weighted by Crippen LogP contribution is -2.10. The van der Waals surface area contributed by atoms with Gasteiger partial charge in [0.2, 0.25) is 0 Å². The van der Waals surface area contributed by atoms with Crippen LogP contribution in [0.4, 0.5) is 17.6 Å². The van der Waals surface area contributed by atoms with E-state index in [0.29, 0.717) is 5.56 Å². The highest BCUT2D eigenvalue weighted by Crippen LogP contribution is 2.39. The van der Waals surface area contributed by atoms with Crippen LogP contribution >= 0.6 is 0 Å². The van der Waals surface area contributed by atoms with Crippen LogP contribution < -0.4 is 0 Å². The summed E-state index contributed by atoms with van der Waals surface area (Å²) in [6.07, 6.45) is -4.83. The first-order valence-electron chi connectivity index (χ1n) is 5.92. The lowest BCUT2D eigenvalue weighted by atomic mass is 9.94. The minimum atomic E-state index is -4.83. The molecule has 6 heteroatoms. The molecule has 2 nitrogen and oxygen atoms in total. The number of carboxylic acid groups (broad SMARTS) is 1. The molecule has 0 aliphatic carbocycles. The number of hydrogen-bond acceptors (Lipinski definition) is 1. The Kier molecular flexibility index (Phi) is 3.72. The highest BCUT2D eigenvalue weighted by atomic mass is 19.4. The van der Waals surface area contributed by atoms with Crippen molar-refractivity contribution in [3.05, 3.63) is 58.9 Å². The molecular formula is C15H10F4O2. The van der Waals surface area contributed by atoms with Gasteiger partial charge in [0.25, 0.3) is 0 Å². The third kappa shape index (κ3) is 2.89. The van der Waals surface area contributed by atoms with Crippen LogP contribution in [0.1, 0.15) is 21.5 Å². The molecule has 0 aliphatic rings. The minimum Gasteiger partial charge on any atom is -0.478 e. The normalized spacial score (nSPS) is 11.5. The first kappa shape index (κ1) is 15.0. The fourth-order valence-electron chi connectivity index (χ4n) is 2.14. The average Bonchev–Trinajstić information content (AvgIpc) is 2.36. The van der Waals surface area contributed by atoms with E-state index in [1.165, 1.54) is 31.2 Å². The van der Waals surface area contributed by atoms with Gasteiger partial charge in [-0.3, -0.25) is 0 Å². The average molecular weight is 298 g/mol. The Bertz CT molecular complexity index is 705. The number of alkyl halides is 3. The molecule has 0 bridgehead atoms. The SMILES string of the molecule is Cc1cc(C(=O)O)ccc1-c1cccc(F)c1C(F)(F)F. The largest absolute Gasteiger partial charge is 0.478 e. The van der Waals surface area contributed by atoms with Crippen LogP contribution in [0, 0.1) is 12.7 Å². The van der Waals surface area contributed by atoms with Gasteiger partial charge in [0, 0.05) is 0 Å². The molecule has 0 spiro atoms. The molecule has 21 heavy (non-hydrogen) atoms. The summed E-state index contributed by atoms with van der Waals surface area (Å²) in [5.74, 6) is -2.54. The number of rotatable bonds is 2. The molecule has 0 aromatic heterocycles. The second-order valence-electron chi connectivity index (χ2n) is 4.50. The molecule has 0 aliphatic heterocycles. The van der Waals surface area contributed by atoms with Crippen LogP contribution in [0.15, 0.2) is 36.4 Å². The van der Waals surface area contributed by atoms with E-state index in [2.05, 4.69) is 0 Å². The van der Waals surface area contributed by atoms with Crippen molar-refractivity contribution >= 4 is 5.97 Å². The van der Waals surface area contributed by atoms with Crippen LogP contribution in [-0.4, -0.2) is 11.1 Å². The van der Waals surface area contributed by atoms with Crippen molar-refractivity contribution < 1.29 is 27.5 Å². The monoisotopic (exact) mass is 298 g/mol. The number of hydrogen-bond donors (Lipinski definition) is 1. The van der Waals surface area contributed by atoms with E-state index >= 15 is 0 Å². The van der Waals surface area contributed by atoms with Gasteiger partial charge in [-0.25, -0.2) is 9.18 Å². The van der Waals surface area contributed by atoms with E-state index in [-0.39, 0.29) is 16.7 Å². The third-order valence-electron chi connectivity index (χ3n) is 3.06. The van der Waals surface area contributed by atoms with Crippen molar-refractivity contribution in [1.29, 1.82) is 0 Å². The third-order valence-corrected chi connectivity index (χ3v) is 3.06. The summed E-state index contributed by atoms with van der Waals surface area (Å²) in [5, 5.41) is 8.86. The minimum absolute atomic E-state index is 0.0405. The summed E-state index contributed by atoms with van der Waals surface area (Å²) in [5.41, 5.74) is -1.23. The molecule has 0 fully saturated rings. The molecule has 2 rings (SSSR count). The zero-order valence-electron chi connectivity index (χ0n) is 10.8. The number of aryl methyl sites for hydroxylation is 1. The van der Waals surface area contributed by atoms with Gasteiger partial charge < -0.3 is 5.11 Å². The lowest BCUT2D eigenvalue weighted by molar-refractivity contribution is -0.139. The maximum Gasteiger partial charge on any atom is 0.419 e. The van der Waals surface area contributed by atoms with Crippen LogP contribution in [0.2, 0.25) is 0 Å². The molecule has 1 N–H and O–H groups in total. The fourth-order valence-corrected chi connectivity index (χ4v) is 2.14. The Morgan fingerprint density at radius 2 is 1.76 bits per heavy atom. The number of aromatic carboxylic acids is 1. The van der Waals surface area contributed by atoms with E-state index in [9.17, 15) is 22.4 Å². The second-order valence-corrected chi connectivity index (χ2v) is 4.50. The quantitative estimate of drug-likeness (QED) is 0.828. The zero-order valence-corrected chi connectivity index (χ0v) is 10.8. The summed E-state index contributed by atoms with van der Waals surface area (Å²) < 4.78 is 52.6. The van der Waals surface area contributed by atoms with Crippen molar-refractivity contribution in [2.75, 3.05) is 0 Å². The fraction of sp³-hybridized carbons (Fsp3) is 0.133. The van der Waals surface area contributed by atoms with Crippen LogP contribution in [0.25, 0.3) is 11.1 Å². The van der Waals surface area contributed by atoms with Crippen molar-refractivity contribution in [3.63, 3.8) is 0 Å². The molecule has 2 aromatic rings. The van der Waals surface area contributed by atoms with Gasteiger partial charge >= 0.3 is 12.1 Å². The number of carbonyl (C=O) groups is 1. The topological polar surface area (TPSA) is 37.3 Å². The van der Waals surface area contributed by atoms with E-state index < -0.39 is 23.5 Å². The van der Waals surface area contributed by atoms with E-state index in [1.807, 2.05) is 0 Å². The summed E-state index contributed by atoms with van der Waals surface area (Å²) in [6, 6.07) is 6.79. The summed E-state index contributed by atoms with van der Waals surface area (Å²) in [6.45, 7) is 1.48. The highest BCUT2D eigenvalue weighted by molar-refractivity contribution is 5.89. The Labute approximate surface area is 117 Å². The van der Waals surface area contributed by atoms with Crippen LogP contribution in [-0.2, 0) is 6.18 Å². The number of halogens is 4. The first-order chi connectivity index (χ1) is 9.71. The van der Waals surface area contributed by atoms with Gasteiger partial charge in [-0.15, -0.1) is 0 Å². The molecular weight excluding hydrogens is 288 g/mol. The van der Waals surface area contributed by atoms with E-state index in [4.69, 9.17) is 5.11 Å². The highest BCUT2D eigenvalue weighted by Gasteiger charge is 2.37. The smallest absolute Gasteiger partial charge is 0.419 e.